The van der Waals surface area contributed by atoms with Gasteiger partial charge in [-0.2, -0.15) is 0 Å². The SMILES string of the molecule is CC(C)CC(CCO)c1ccc2c(c1)OCO2. The monoisotopic (exact) mass is 236 g/mol. The predicted molar refractivity (Wildman–Crippen MR) is 66.5 cm³/mol. The van der Waals surface area contributed by atoms with E-state index in [9.17, 15) is 0 Å². The molecule has 1 atom stereocenters. The standard InChI is InChI=1S/C14H20O3/c1-10(2)7-12(5-6-15)11-3-4-13-14(8-11)17-9-16-13/h3-4,8,10,12,15H,5-7,9H2,1-2H3. The third-order valence-corrected chi connectivity index (χ3v) is 3.10. The summed E-state index contributed by atoms with van der Waals surface area (Å²) in [6.07, 6.45) is 1.89. The molecule has 17 heavy (non-hydrogen) atoms. The van der Waals surface area contributed by atoms with E-state index in [-0.39, 0.29) is 6.61 Å². The topological polar surface area (TPSA) is 38.7 Å². The van der Waals surface area contributed by atoms with Crippen LogP contribution >= 0.6 is 0 Å². The fourth-order valence-corrected chi connectivity index (χ4v) is 2.31. The summed E-state index contributed by atoms with van der Waals surface area (Å²) in [5, 5.41) is 9.15. The van der Waals surface area contributed by atoms with E-state index in [1.165, 1.54) is 5.56 Å². The first kappa shape index (κ1) is 12.2. The van der Waals surface area contributed by atoms with Crippen LogP contribution in [-0.2, 0) is 0 Å². The fraction of sp³-hybridized carbons (Fsp3) is 0.571. The van der Waals surface area contributed by atoms with Gasteiger partial charge in [-0.05, 0) is 42.4 Å². The molecule has 0 spiro atoms. The van der Waals surface area contributed by atoms with E-state index in [0.29, 0.717) is 18.6 Å². The van der Waals surface area contributed by atoms with Crippen LogP contribution in [-0.4, -0.2) is 18.5 Å². The molecule has 0 saturated carbocycles. The molecule has 1 aliphatic rings. The molecule has 1 aromatic carbocycles. The summed E-state index contributed by atoms with van der Waals surface area (Å²) in [6.45, 7) is 4.95. The van der Waals surface area contributed by atoms with Crippen molar-refractivity contribution in [2.75, 3.05) is 13.4 Å². The normalized spacial score (nSPS) is 15.3. The molecule has 94 valence electrons. The molecule has 1 aliphatic heterocycles. The highest BCUT2D eigenvalue weighted by molar-refractivity contribution is 5.45. The summed E-state index contributed by atoms with van der Waals surface area (Å²) in [5.74, 6) is 2.67. The van der Waals surface area contributed by atoms with Crippen LogP contribution in [0.15, 0.2) is 18.2 Å². The number of rotatable bonds is 5. The van der Waals surface area contributed by atoms with E-state index in [1.54, 1.807) is 0 Å². The van der Waals surface area contributed by atoms with Crippen molar-refractivity contribution in [3.63, 3.8) is 0 Å². The van der Waals surface area contributed by atoms with Gasteiger partial charge in [0.05, 0.1) is 0 Å². The van der Waals surface area contributed by atoms with Crippen molar-refractivity contribution in [3.8, 4) is 11.5 Å². The Labute approximate surface area is 102 Å². The first-order valence-electron chi connectivity index (χ1n) is 6.21. The first-order chi connectivity index (χ1) is 8.20. The number of fused-ring (bicyclic) bond motifs is 1. The van der Waals surface area contributed by atoms with Crippen molar-refractivity contribution in [3.05, 3.63) is 23.8 Å². The number of hydrogen-bond acceptors (Lipinski definition) is 3. The van der Waals surface area contributed by atoms with Crippen molar-refractivity contribution in [1.82, 2.24) is 0 Å². The molecular weight excluding hydrogens is 216 g/mol. The molecule has 0 aromatic heterocycles. The zero-order valence-electron chi connectivity index (χ0n) is 10.5. The summed E-state index contributed by atoms with van der Waals surface area (Å²) in [5.41, 5.74) is 1.23. The molecule has 0 radical (unpaired) electrons. The van der Waals surface area contributed by atoms with E-state index < -0.39 is 0 Å². The smallest absolute Gasteiger partial charge is 0.231 e. The summed E-state index contributed by atoms with van der Waals surface area (Å²) >= 11 is 0. The molecule has 0 amide bonds. The highest BCUT2D eigenvalue weighted by atomic mass is 16.7. The van der Waals surface area contributed by atoms with Gasteiger partial charge >= 0.3 is 0 Å². The minimum atomic E-state index is 0.228. The van der Waals surface area contributed by atoms with Crippen LogP contribution in [0.25, 0.3) is 0 Å². The van der Waals surface area contributed by atoms with Gasteiger partial charge in [-0.1, -0.05) is 19.9 Å². The van der Waals surface area contributed by atoms with Gasteiger partial charge in [0, 0.05) is 6.61 Å². The largest absolute Gasteiger partial charge is 0.454 e. The molecule has 3 heteroatoms. The zero-order valence-corrected chi connectivity index (χ0v) is 10.5. The molecule has 1 N–H and O–H groups in total. The van der Waals surface area contributed by atoms with Crippen molar-refractivity contribution >= 4 is 0 Å². The molecule has 1 unspecified atom stereocenters. The summed E-state index contributed by atoms with van der Waals surface area (Å²) in [6, 6.07) is 6.09. The third kappa shape index (κ3) is 2.91. The number of hydrogen-bond donors (Lipinski definition) is 1. The number of aliphatic hydroxyl groups excluding tert-OH is 1. The molecular formula is C14H20O3. The number of ether oxygens (including phenoxy) is 2. The van der Waals surface area contributed by atoms with E-state index in [4.69, 9.17) is 14.6 Å². The second-order valence-corrected chi connectivity index (χ2v) is 4.95. The van der Waals surface area contributed by atoms with Gasteiger partial charge in [-0.15, -0.1) is 0 Å². The summed E-state index contributed by atoms with van der Waals surface area (Å²) < 4.78 is 10.7. The number of aliphatic hydroxyl groups is 1. The van der Waals surface area contributed by atoms with Gasteiger partial charge in [0.1, 0.15) is 0 Å². The van der Waals surface area contributed by atoms with E-state index in [2.05, 4.69) is 19.9 Å². The van der Waals surface area contributed by atoms with Crippen LogP contribution in [0.3, 0.4) is 0 Å². The van der Waals surface area contributed by atoms with Gasteiger partial charge in [-0.25, -0.2) is 0 Å². The van der Waals surface area contributed by atoms with Gasteiger partial charge in [0.15, 0.2) is 11.5 Å². The molecule has 3 nitrogen and oxygen atoms in total. The Bertz CT molecular complexity index is 374. The van der Waals surface area contributed by atoms with Crippen molar-refractivity contribution in [1.29, 1.82) is 0 Å². The lowest BCUT2D eigenvalue weighted by atomic mass is 9.88. The van der Waals surface area contributed by atoms with E-state index in [1.807, 2.05) is 12.1 Å². The number of benzene rings is 1. The van der Waals surface area contributed by atoms with Gasteiger partial charge < -0.3 is 14.6 Å². The average molecular weight is 236 g/mol. The van der Waals surface area contributed by atoms with Crippen molar-refractivity contribution in [2.24, 2.45) is 5.92 Å². The van der Waals surface area contributed by atoms with E-state index >= 15 is 0 Å². The van der Waals surface area contributed by atoms with Crippen LogP contribution in [0.4, 0.5) is 0 Å². The molecule has 0 bridgehead atoms. The van der Waals surface area contributed by atoms with Crippen molar-refractivity contribution < 1.29 is 14.6 Å². The molecule has 2 rings (SSSR count). The Morgan fingerprint density at radius 2 is 2.00 bits per heavy atom. The Kier molecular flexibility index (Phi) is 3.89. The molecule has 0 fully saturated rings. The van der Waals surface area contributed by atoms with Gasteiger partial charge in [0.2, 0.25) is 6.79 Å². The minimum absolute atomic E-state index is 0.228. The minimum Gasteiger partial charge on any atom is -0.454 e. The second kappa shape index (κ2) is 5.41. The second-order valence-electron chi connectivity index (χ2n) is 4.95. The summed E-state index contributed by atoms with van der Waals surface area (Å²) in [4.78, 5) is 0. The zero-order chi connectivity index (χ0) is 12.3. The van der Waals surface area contributed by atoms with Crippen molar-refractivity contribution in [2.45, 2.75) is 32.6 Å². The third-order valence-electron chi connectivity index (χ3n) is 3.10. The van der Waals surface area contributed by atoms with Crippen LogP contribution in [0.2, 0.25) is 0 Å². The Balaban J connectivity index is 2.17. The first-order valence-corrected chi connectivity index (χ1v) is 6.21. The van der Waals surface area contributed by atoms with Crippen LogP contribution in [0.5, 0.6) is 11.5 Å². The molecule has 1 aromatic rings. The maximum atomic E-state index is 9.15. The van der Waals surface area contributed by atoms with Crippen LogP contribution in [0.1, 0.15) is 38.2 Å². The predicted octanol–water partition coefficient (Wildman–Crippen LogP) is 2.93. The van der Waals surface area contributed by atoms with Crippen LogP contribution < -0.4 is 9.47 Å². The van der Waals surface area contributed by atoms with E-state index in [0.717, 1.165) is 24.3 Å². The lowest BCUT2D eigenvalue weighted by Crippen LogP contribution is -2.05. The maximum Gasteiger partial charge on any atom is 0.231 e. The lowest BCUT2D eigenvalue weighted by molar-refractivity contribution is 0.174. The fourth-order valence-electron chi connectivity index (χ4n) is 2.31. The van der Waals surface area contributed by atoms with Crippen LogP contribution in [0, 0.1) is 5.92 Å². The van der Waals surface area contributed by atoms with Gasteiger partial charge in [-0.3, -0.25) is 0 Å². The summed E-state index contributed by atoms with van der Waals surface area (Å²) in [7, 11) is 0. The molecule has 0 saturated heterocycles. The highest BCUT2D eigenvalue weighted by Crippen LogP contribution is 2.37. The molecule has 0 aliphatic carbocycles. The average Bonchev–Trinajstić information content (AvgIpc) is 2.74. The quantitative estimate of drug-likeness (QED) is 0.854. The Morgan fingerprint density at radius 1 is 1.24 bits per heavy atom. The maximum absolute atomic E-state index is 9.15. The lowest BCUT2D eigenvalue weighted by Gasteiger charge is -2.18. The Hall–Kier alpha value is -1.22. The van der Waals surface area contributed by atoms with Gasteiger partial charge in [0.25, 0.3) is 0 Å². The molecule has 1 heterocycles. The Morgan fingerprint density at radius 3 is 2.71 bits per heavy atom. The highest BCUT2D eigenvalue weighted by Gasteiger charge is 2.18.